The molecule has 0 saturated carbocycles. The summed E-state index contributed by atoms with van der Waals surface area (Å²) in [6, 6.07) is 4.25. The molecule has 0 amide bonds. The summed E-state index contributed by atoms with van der Waals surface area (Å²) in [4.78, 5) is 0. The predicted molar refractivity (Wildman–Crippen MR) is 70.5 cm³/mol. The molecule has 114 valence electrons. The molecule has 5 nitrogen and oxygen atoms in total. The molecule has 0 fully saturated rings. The molecular formula is C13H15F3N4O. The largest absolute Gasteiger partial charge is 0.416 e. The Morgan fingerprint density at radius 2 is 2.10 bits per heavy atom. The summed E-state index contributed by atoms with van der Waals surface area (Å²) in [6.45, 7) is 1.93. The number of alkyl halides is 3. The van der Waals surface area contributed by atoms with Crippen LogP contribution in [-0.2, 0) is 24.2 Å². The second-order valence-corrected chi connectivity index (χ2v) is 4.56. The van der Waals surface area contributed by atoms with Gasteiger partial charge in [-0.3, -0.25) is 0 Å². The Balaban J connectivity index is 2.06. The van der Waals surface area contributed by atoms with E-state index in [9.17, 15) is 13.2 Å². The van der Waals surface area contributed by atoms with Crippen molar-refractivity contribution in [2.45, 2.75) is 26.4 Å². The molecule has 0 bridgehead atoms. The first-order chi connectivity index (χ1) is 9.90. The highest BCUT2D eigenvalue weighted by Gasteiger charge is 2.32. The van der Waals surface area contributed by atoms with Crippen LogP contribution in [0.5, 0.6) is 0 Å². The van der Waals surface area contributed by atoms with Gasteiger partial charge in [0.1, 0.15) is 6.73 Å². The first-order valence-corrected chi connectivity index (χ1v) is 6.20. The number of hydrogen-bond acceptors (Lipinski definition) is 4. The predicted octanol–water partition coefficient (Wildman–Crippen LogP) is 2.82. The van der Waals surface area contributed by atoms with Gasteiger partial charge in [0, 0.05) is 13.7 Å². The molecule has 0 radical (unpaired) electrons. The Kier molecular flexibility index (Phi) is 4.46. The Bertz CT molecular complexity index is 610. The lowest BCUT2D eigenvalue weighted by molar-refractivity contribution is -0.138. The Morgan fingerprint density at radius 3 is 2.76 bits per heavy atom. The smallest absolute Gasteiger partial charge is 0.363 e. The van der Waals surface area contributed by atoms with E-state index >= 15 is 0 Å². The van der Waals surface area contributed by atoms with E-state index in [2.05, 4.69) is 15.6 Å². The van der Waals surface area contributed by atoms with E-state index in [-0.39, 0.29) is 18.8 Å². The molecule has 0 atom stereocenters. The number of aromatic nitrogens is 3. The second kappa shape index (κ2) is 6.13. The highest BCUT2D eigenvalue weighted by atomic mass is 19.4. The van der Waals surface area contributed by atoms with Gasteiger partial charge in [-0.2, -0.15) is 13.2 Å². The van der Waals surface area contributed by atoms with Crippen LogP contribution in [0.4, 0.5) is 19.0 Å². The fourth-order valence-corrected chi connectivity index (χ4v) is 1.85. The molecule has 2 aromatic rings. The van der Waals surface area contributed by atoms with Crippen LogP contribution in [0.2, 0.25) is 0 Å². The molecular weight excluding hydrogens is 285 g/mol. The van der Waals surface area contributed by atoms with Gasteiger partial charge in [0.15, 0.2) is 5.82 Å². The van der Waals surface area contributed by atoms with Gasteiger partial charge < -0.3 is 10.1 Å². The van der Waals surface area contributed by atoms with Gasteiger partial charge in [0.25, 0.3) is 0 Å². The SMILES string of the molecule is COCn1cc(NCc2ccc(C)c(C(F)(F)F)c2)nn1. The van der Waals surface area contributed by atoms with Gasteiger partial charge >= 0.3 is 6.18 Å². The van der Waals surface area contributed by atoms with Crippen LogP contribution in [0.25, 0.3) is 0 Å². The minimum absolute atomic E-state index is 0.206. The number of aryl methyl sites for hydroxylation is 1. The van der Waals surface area contributed by atoms with Gasteiger partial charge in [-0.1, -0.05) is 17.3 Å². The van der Waals surface area contributed by atoms with E-state index in [4.69, 9.17) is 4.74 Å². The van der Waals surface area contributed by atoms with Crippen LogP contribution in [0.3, 0.4) is 0 Å². The molecule has 2 rings (SSSR count). The van der Waals surface area contributed by atoms with Gasteiger partial charge in [-0.15, -0.1) is 5.10 Å². The number of hydrogen-bond donors (Lipinski definition) is 1. The number of halogens is 3. The standard InChI is InChI=1S/C13H15F3N4O/c1-9-3-4-10(5-11(9)13(14,15)16)6-17-12-7-20(8-21-2)19-18-12/h3-5,7,17H,6,8H2,1-2H3. The Hall–Kier alpha value is -2.09. The first-order valence-electron chi connectivity index (χ1n) is 6.20. The van der Waals surface area contributed by atoms with E-state index in [1.54, 1.807) is 12.3 Å². The van der Waals surface area contributed by atoms with Crippen LogP contribution in [0.1, 0.15) is 16.7 Å². The summed E-state index contributed by atoms with van der Waals surface area (Å²) in [5.74, 6) is 0.473. The van der Waals surface area contributed by atoms with E-state index in [1.165, 1.54) is 24.8 Å². The normalized spacial score (nSPS) is 11.7. The minimum atomic E-state index is -4.35. The van der Waals surface area contributed by atoms with Crippen LogP contribution in [0.15, 0.2) is 24.4 Å². The van der Waals surface area contributed by atoms with E-state index in [0.29, 0.717) is 11.4 Å². The molecule has 21 heavy (non-hydrogen) atoms. The molecule has 0 unspecified atom stereocenters. The number of ether oxygens (including phenoxy) is 1. The van der Waals surface area contributed by atoms with Crippen molar-refractivity contribution in [2.75, 3.05) is 12.4 Å². The lowest BCUT2D eigenvalue weighted by atomic mass is 10.0. The summed E-state index contributed by atoms with van der Waals surface area (Å²) in [6.07, 6.45) is -2.73. The van der Waals surface area contributed by atoms with Crippen molar-refractivity contribution >= 4 is 5.82 Å². The van der Waals surface area contributed by atoms with Gasteiger partial charge in [0.05, 0.1) is 11.8 Å². The average Bonchev–Trinajstić information content (AvgIpc) is 2.85. The maximum Gasteiger partial charge on any atom is 0.416 e. The summed E-state index contributed by atoms with van der Waals surface area (Å²) >= 11 is 0. The molecule has 1 heterocycles. The topological polar surface area (TPSA) is 52.0 Å². The highest BCUT2D eigenvalue weighted by Crippen LogP contribution is 2.32. The zero-order chi connectivity index (χ0) is 15.5. The fraction of sp³-hybridized carbons (Fsp3) is 0.385. The molecule has 0 spiro atoms. The molecule has 1 N–H and O–H groups in total. The third-order valence-corrected chi connectivity index (χ3v) is 2.88. The van der Waals surface area contributed by atoms with Crippen molar-refractivity contribution in [3.8, 4) is 0 Å². The van der Waals surface area contributed by atoms with E-state index < -0.39 is 11.7 Å². The van der Waals surface area contributed by atoms with Crippen molar-refractivity contribution < 1.29 is 17.9 Å². The van der Waals surface area contributed by atoms with Crippen molar-refractivity contribution in [1.29, 1.82) is 0 Å². The maximum atomic E-state index is 12.8. The van der Waals surface area contributed by atoms with Crippen LogP contribution >= 0.6 is 0 Å². The zero-order valence-corrected chi connectivity index (χ0v) is 11.6. The Labute approximate surface area is 119 Å². The maximum absolute atomic E-state index is 12.8. The van der Waals surface area contributed by atoms with E-state index in [0.717, 1.165) is 6.07 Å². The fourth-order valence-electron chi connectivity index (χ4n) is 1.85. The number of rotatable bonds is 5. The molecule has 1 aromatic carbocycles. The summed E-state index contributed by atoms with van der Waals surface area (Å²) in [5, 5.41) is 10.5. The third-order valence-electron chi connectivity index (χ3n) is 2.88. The number of benzene rings is 1. The van der Waals surface area contributed by atoms with Gasteiger partial charge in [-0.05, 0) is 24.1 Å². The molecule has 0 aliphatic rings. The second-order valence-electron chi connectivity index (χ2n) is 4.56. The lowest BCUT2D eigenvalue weighted by Crippen LogP contribution is -2.09. The third kappa shape index (κ3) is 3.94. The molecule has 0 aliphatic carbocycles. The van der Waals surface area contributed by atoms with Crippen molar-refractivity contribution in [3.63, 3.8) is 0 Å². The van der Waals surface area contributed by atoms with E-state index in [1.807, 2.05) is 0 Å². The number of nitrogens with one attached hydrogen (secondary N) is 1. The first kappa shape index (κ1) is 15.3. The zero-order valence-electron chi connectivity index (χ0n) is 11.6. The Morgan fingerprint density at radius 1 is 1.33 bits per heavy atom. The summed E-state index contributed by atoms with van der Waals surface area (Å²) < 4.78 is 44.8. The summed E-state index contributed by atoms with van der Waals surface area (Å²) in [7, 11) is 1.53. The van der Waals surface area contributed by atoms with Crippen LogP contribution in [-0.4, -0.2) is 22.1 Å². The average molecular weight is 300 g/mol. The van der Waals surface area contributed by atoms with Crippen molar-refractivity contribution in [3.05, 3.63) is 41.1 Å². The molecule has 0 aliphatic heterocycles. The number of anilines is 1. The number of methoxy groups -OCH3 is 1. The van der Waals surface area contributed by atoms with Crippen molar-refractivity contribution in [2.24, 2.45) is 0 Å². The quantitative estimate of drug-likeness (QED) is 0.922. The molecule has 0 saturated heterocycles. The van der Waals surface area contributed by atoms with Gasteiger partial charge in [-0.25, -0.2) is 4.68 Å². The lowest BCUT2D eigenvalue weighted by Gasteiger charge is -2.12. The van der Waals surface area contributed by atoms with Crippen LogP contribution in [0, 0.1) is 6.92 Å². The minimum Gasteiger partial charge on any atom is -0.363 e. The number of nitrogens with zero attached hydrogens (tertiary/aromatic N) is 3. The monoisotopic (exact) mass is 300 g/mol. The molecule has 1 aromatic heterocycles. The highest BCUT2D eigenvalue weighted by molar-refractivity contribution is 5.36. The van der Waals surface area contributed by atoms with Gasteiger partial charge in [0.2, 0.25) is 0 Å². The summed E-state index contributed by atoms with van der Waals surface area (Å²) in [5.41, 5.74) is 0.108. The molecule has 8 heteroatoms. The van der Waals surface area contributed by atoms with Crippen molar-refractivity contribution in [1.82, 2.24) is 15.0 Å². The van der Waals surface area contributed by atoms with Crippen LogP contribution < -0.4 is 5.32 Å².